The number of carbonyl (C=O) groups is 1. The minimum atomic E-state index is -0.330. The van der Waals surface area contributed by atoms with E-state index in [1.54, 1.807) is 50.6 Å². The number of carbonyl (C=O) groups excluding carboxylic acids is 1. The van der Waals surface area contributed by atoms with Crippen molar-refractivity contribution in [3.05, 3.63) is 54.0 Å². The molecule has 2 N–H and O–H groups in total. The first kappa shape index (κ1) is 17.3. The van der Waals surface area contributed by atoms with Crippen LogP contribution in [0.1, 0.15) is 16.1 Å². The van der Waals surface area contributed by atoms with Gasteiger partial charge in [-0.1, -0.05) is 5.16 Å². The van der Waals surface area contributed by atoms with E-state index < -0.39 is 0 Å². The van der Waals surface area contributed by atoms with Crippen LogP contribution in [0.3, 0.4) is 0 Å². The summed E-state index contributed by atoms with van der Waals surface area (Å²) in [6, 6.07) is 8.56. The highest BCUT2D eigenvalue weighted by Gasteiger charge is 2.12. The molecule has 0 fully saturated rings. The number of aryl methyl sites for hydroxylation is 1. The number of hydrogen-bond donors (Lipinski definition) is 2. The van der Waals surface area contributed by atoms with E-state index in [0.29, 0.717) is 40.0 Å². The lowest BCUT2D eigenvalue weighted by atomic mass is 10.2. The van der Waals surface area contributed by atoms with Gasteiger partial charge in [0.1, 0.15) is 17.3 Å². The summed E-state index contributed by atoms with van der Waals surface area (Å²) in [7, 11) is 3.08. The van der Waals surface area contributed by atoms with Crippen molar-refractivity contribution in [3.63, 3.8) is 0 Å². The number of benzene rings is 1. The molecule has 0 atom stereocenters. The van der Waals surface area contributed by atoms with Crippen LogP contribution in [0.15, 0.2) is 47.2 Å². The first-order valence-electron chi connectivity index (χ1n) is 7.78. The van der Waals surface area contributed by atoms with E-state index in [1.807, 2.05) is 0 Å². The number of ether oxygens (including phenoxy) is 2. The lowest BCUT2D eigenvalue weighted by Gasteiger charge is -2.12. The summed E-state index contributed by atoms with van der Waals surface area (Å²) in [6.45, 7) is 1.79. The molecule has 26 heavy (non-hydrogen) atoms. The molecular weight excluding hydrogens is 336 g/mol. The maximum atomic E-state index is 12.6. The van der Waals surface area contributed by atoms with Crippen molar-refractivity contribution in [3.8, 4) is 11.5 Å². The van der Waals surface area contributed by atoms with Crippen LogP contribution >= 0.6 is 0 Å². The van der Waals surface area contributed by atoms with Crippen molar-refractivity contribution in [2.45, 2.75) is 6.92 Å². The van der Waals surface area contributed by atoms with Gasteiger partial charge in [-0.3, -0.25) is 9.78 Å². The summed E-state index contributed by atoms with van der Waals surface area (Å²) in [5.41, 5.74) is 1.49. The van der Waals surface area contributed by atoms with Gasteiger partial charge in [-0.15, -0.1) is 0 Å². The Morgan fingerprint density at radius 2 is 1.96 bits per heavy atom. The molecule has 134 valence electrons. The smallest absolute Gasteiger partial charge is 0.257 e. The Balaban J connectivity index is 1.79. The van der Waals surface area contributed by atoms with Gasteiger partial charge in [0.05, 0.1) is 37.4 Å². The zero-order valence-corrected chi connectivity index (χ0v) is 14.6. The third-order valence-corrected chi connectivity index (χ3v) is 3.56. The second kappa shape index (κ2) is 7.56. The van der Waals surface area contributed by atoms with Gasteiger partial charge in [-0.2, -0.15) is 0 Å². The van der Waals surface area contributed by atoms with Crippen LogP contribution in [-0.2, 0) is 0 Å². The molecule has 0 aliphatic carbocycles. The van der Waals surface area contributed by atoms with Gasteiger partial charge in [-0.25, -0.2) is 0 Å². The summed E-state index contributed by atoms with van der Waals surface area (Å²) < 4.78 is 15.5. The minimum absolute atomic E-state index is 0.330. The SMILES string of the molecule is COc1ccc(OC)c(NC(=O)c2cncc(Nc3cc(C)on3)c2)c1. The quantitative estimate of drug-likeness (QED) is 0.700. The average Bonchev–Trinajstić information content (AvgIpc) is 3.06. The fourth-order valence-electron chi connectivity index (χ4n) is 2.31. The number of anilines is 3. The van der Waals surface area contributed by atoms with Crippen molar-refractivity contribution in [2.24, 2.45) is 0 Å². The molecule has 2 aromatic heterocycles. The number of methoxy groups -OCH3 is 2. The molecule has 1 amide bonds. The normalized spacial score (nSPS) is 10.3. The molecule has 1 aromatic carbocycles. The summed E-state index contributed by atoms with van der Waals surface area (Å²) in [5.74, 6) is 2.02. The Bertz CT molecular complexity index is 923. The van der Waals surface area contributed by atoms with Crippen LogP contribution in [0.2, 0.25) is 0 Å². The Labute approximate surface area is 150 Å². The highest BCUT2D eigenvalue weighted by Crippen LogP contribution is 2.29. The van der Waals surface area contributed by atoms with Crippen LogP contribution in [0.25, 0.3) is 0 Å². The van der Waals surface area contributed by atoms with E-state index in [-0.39, 0.29) is 5.91 Å². The Hall–Kier alpha value is -3.55. The molecule has 0 spiro atoms. The van der Waals surface area contributed by atoms with E-state index in [4.69, 9.17) is 14.0 Å². The molecule has 3 aromatic rings. The number of nitrogens with one attached hydrogen (secondary N) is 2. The fraction of sp³-hybridized carbons (Fsp3) is 0.167. The predicted octanol–water partition coefficient (Wildman–Crippen LogP) is 3.39. The number of hydrogen-bond acceptors (Lipinski definition) is 7. The highest BCUT2D eigenvalue weighted by atomic mass is 16.5. The fourth-order valence-corrected chi connectivity index (χ4v) is 2.31. The molecule has 0 aliphatic heterocycles. The molecule has 2 heterocycles. The van der Waals surface area contributed by atoms with Crippen molar-refractivity contribution >= 4 is 23.1 Å². The molecule has 3 rings (SSSR count). The second-order valence-electron chi connectivity index (χ2n) is 5.43. The molecule has 0 aliphatic rings. The summed E-state index contributed by atoms with van der Waals surface area (Å²) in [4.78, 5) is 16.7. The summed E-state index contributed by atoms with van der Waals surface area (Å²) in [6.07, 6.45) is 3.06. The van der Waals surface area contributed by atoms with Gasteiger partial charge < -0.3 is 24.6 Å². The van der Waals surface area contributed by atoms with Crippen molar-refractivity contribution in [2.75, 3.05) is 24.9 Å². The summed E-state index contributed by atoms with van der Waals surface area (Å²) >= 11 is 0. The zero-order chi connectivity index (χ0) is 18.5. The first-order chi connectivity index (χ1) is 12.6. The van der Waals surface area contributed by atoms with Crippen LogP contribution in [-0.4, -0.2) is 30.3 Å². The minimum Gasteiger partial charge on any atom is -0.497 e. The molecule has 8 nitrogen and oxygen atoms in total. The topological polar surface area (TPSA) is 98.5 Å². The van der Waals surface area contributed by atoms with E-state index in [1.165, 1.54) is 13.3 Å². The van der Waals surface area contributed by atoms with Gasteiger partial charge >= 0.3 is 0 Å². The van der Waals surface area contributed by atoms with Crippen LogP contribution in [0.4, 0.5) is 17.2 Å². The predicted molar refractivity (Wildman–Crippen MR) is 96.3 cm³/mol. The maximum Gasteiger partial charge on any atom is 0.257 e. The van der Waals surface area contributed by atoms with Crippen molar-refractivity contribution in [1.29, 1.82) is 0 Å². The number of pyridine rings is 1. The molecule has 0 radical (unpaired) electrons. The standard InChI is InChI=1S/C18H18N4O4/c1-11-6-17(22-26-11)20-13-7-12(9-19-10-13)18(23)21-15-8-14(24-2)4-5-16(15)25-3/h4-10H,1-3H3,(H,20,22)(H,21,23). The number of aromatic nitrogens is 2. The lowest BCUT2D eigenvalue weighted by molar-refractivity contribution is 0.102. The largest absolute Gasteiger partial charge is 0.497 e. The maximum absolute atomic E-state index is 12.6. The molecule has 8 heteroatoms. The monoisotopic (exact) mass is 354 g/mol. The Morgan fingerprint density at radius 1 is 1.12 bits per heavy atom. The van der Waals surface area contributed by atoms with E-state index in [2.05, 4.69) is 20.8 Å². The van der Waals surface area contributed by atoms with E-state index in [0.717, 1.165) is 0 Å². The summed E-state index contributed by atoms with van der Waals surface area (Å²) in [5, 5.41) is 9.68. The average molecular weight is 354 g/mol. The zero-order valence-electron chi connectivity index (χ0n) is 14.6. The molecule has 0 saturated carbocycles. The molecular formula is C18H18N4O4. The lowest BCUT2D eigenvalue weighted by Crippen LogP contribution is -2.13. The van der Waals surface area contributed by atoms with Crippen LogP contribution < -0.4 is 20.1 Å². The van der Waals surface area contributed by atoms with Crippen LogP contribution in [0.5, 0.6) is 11.5 Å². The third-order valence-electron chi connectivity index (χ3n) is 3.56. The molecule has 0 saturated heterocycles. The van der Waals surface area contributed by atoms with E-state index >= 15 is 0 Å². The van der Waals surface area contributed by atoms with Crippen molar-refractivity contribution in [1.82, 2.24) is 10.1 Å². The van der Waals surface area contributed by atoms with Gasteiger partial charge in [0.25, 0.3) is 5.91 Å². The Kier molecular flexibility index (Phi) is 5.02. The number of nitrogens with zero attached hydrogens (tertiary/aromatic N) is 2. The molecule has 0 bridgehead atoms. The van der Waals surface area contributed by atoms with Crippen LogP contribution in [0, 0.1) is 6.92 Å². The first-order valence-corrected chi connectivity index (χ1v) is 7.78. The highest BCUT2D eigenvalue weighted by molar-refractivity contribution is 6.05. The van der Waals surface area contributed by atoms with Gasteiger partial charge in [0, 0.05) is 18.3 Å². The van der Waals surface area contributed by atoms with Crippen molar-refractivity contribution < 1.29 is 18.8 Å². The van der Waals surface area contributed by atoms with Gasteiger partial charge in [0.2, 0.25) is 0 Å². The third kappa shape index (κ3) is 3.92. The molecule has 0 unspecified atom stereocenters. The van der Waals surface area contributed by atoms with Gasteiger partial charge in [0.15, 0.2) is 5.82 Å². The number of rotatable bonds is 6. The van der Waals surface area contributed by atoms with E-state index in [9.17, 15) is 4.79 Å². The second-order valence-corrected chi connectivity index (χ2v) is 5.43. The van der Waals surface area contributed by atoms with Gasteiger partial charge in [-0.05, 0) is 25.1 Å². The Morgan fingerprint density at radius 3 is 2.65 bits per heavy atom. The number of amides is 1.